The minimum Gasteiger partial charge on any atom is -0.497 e. The van der Waals surface area contributed by atoms with Gasteiger partial charge in [-0.15, -0.1) is 0 Å². The molecule has 0 bridgehead atoms. The van der Waals surface area contributed by atoms with Crippen molar-refractivity contribution in [2.75, 3.05) is 33.4 Å². The number of nitrogens with two attached hydrogens (primary N) is 1. The Labute approximate surface area is 127 Å². The molecule has 114 valence electrons. The molecule has 4 heteroatoms. The summed E-state index contributed by atoms with van der Waals surface area (Å²) < 4.78 is 10.9. The second-order valence-electron chi connectivity index (χ2n) is 5.82. The van der Waals surface area contributed by atoms with Crippen molar-refractivity contribution in [1.82, 2.24) is 4.90 Å². The number of benzene rings is 1. The van der Waals surface area contributed by atoms with Crippen molar-refractivity contribution in [3.05, 3.63) is 29.3 Å². The standard InChI is InChI=1S/C17H24N2O2/c1-17(2)13-21-10-9-19(17)12-15-11-16(20-3)7-6-14(15)5-4-8-18/h6-7,11H,8-10,12-13,18H2,1-3H3. The molecule has 2 N–H and O–H groups in total. The van der Waals surface area contributed by atoms with Gasteiger partial charge in [0.15, 0.2) is 0 Å². The van der Waals surface area contributed by atoms with Gasteiger partial charge < -0.3 is 15.2 Å². The quantitative estimate of drug-likeness (QED) is 0.859. The van der Waals surface area contributed by atoms with E-state index in [-0.39, 0.29) is 5.54 Å². The highest BCUT2D eigenvalue weighted by molar-refractivity contribution is 5.45. The van der Waals surface area contributed by atoms with Crippen LogP contribution in [0, 0.1) is 11.8 Å². The van der Waals surface area contributed by atoms with E-state index in [9.17, 15) is 0 Å². The summed E-state index contributed by atoms with van der Waals surface area (Å²) in [5.74, 6) is 6.94. The van der Waals surface area contributed by atoms with Gasteiger partial charge in [0.05, 0.1) is 26.9 Å². The maximum atomic E-state index is 5.58. The topological polar surface area (TPSA) is 47.7 Å². The molecule has 0 aromatic heterocycles. The smallest absolute Gasteiger partial charge is 0.119 e. The van der Waals surface area contributed by atoms with E-state index in [2.05, 4.69) is 36.7 Å². The van der Waals surface area contributed by atoms with Crippen LogP contribution in [0.2, 0.25) is 0 Å². The van der Waals surface area contributed by atoms with Crippen LogP contribution in [0.25, 0.3) is 0 Å². The summed E-state index contributed by atoms with van der Waals surface area (Å²) in [6.07, 6.45) is 0. The minimum absolute atomic E-state index is 0.0277. The van der Waals surface area contributed by atoms with Crippen molar-refractivity contribution in [2.24, 2.45) is 5.73 Å². The number of methoxy groups -OCH3 is 1. The monoisotopic (exact) mass is 288 g/mol. The Bertz CT molecular complexity index is 543. The molecule has 1 aromatic rings. The number of rotatable bonds is 3. The number of hydrogen-bond acceptors (Lipinski definition) is 4. The van der Waals surface area contributed by atoms with Crippen LogP contribution in [0.3, 0.4) is 0 Å². The van der Waals surface area contributed by atoms with Crippen LogP contribution in [0.4, 0.5) is 0 Å². The number of nitrogens with zero attached hydrogens (tertiary/aromatic N) is 1. The minimum atomic E-state index is 0.0277. The summed E-state index contributed by atoms with van der Waals surface area (Å²) in [5, 5.41) is 0. The third-order valence-corrected chi connectivity index (χ3v) is 3.82. The summed E-state index contributed by atoms with van der Waals surface area (Å²) in [6.45, 7) is 8.07. The molecule has 1 fully saturated rings. The molecule has 1 saturated heterocycles. The number of morpholine rings is 1. The lowest BCUT2D eigenvalue weighted by Crippen LogP contribution is -2.52. The normalized spacial score (nSPS) is 17.9. The molecule has 0 radical (unpaired) electrons. The second-order valence-corrected chi connectivity index (χ2v) is 5.82. The Morgan fingerprint density at radius 2 is 2.24 bits per heavy atom. The van der Waals surface area contributed by atoms with Crippen molar-refractivity contribution in [1.29, 1.82) is 0 Å². The van der Waals surface area contributed by atoms with Gasteiger partial charge in [-0.3, -0.25) is 4.90 Å². The predicted molar refractivity (Wildman–Crippen MR) is 84.2 cm³/mol. The molecule has 0 aliphatic carbocycles. The first-order valence-electron chi connectivity index (χ1n) is 7.25. The Balaban J connectivity index is 2.28. The molecule has 0 spiro atoms. The molecule has 0 amide bonds. The summed E-state index contributed by atoms with van der Waals surface area (Å²) in [6, 6.07) is 6.00. The molecule has 21 heavy (non-hydrogen) atoms. The van der Waals surface area contributed by atoms with Crippen LogP contribution in [0.5, 0.6) is 5.75 Å². The van der Waals surface area contributed by atoms with E-state index in [0.717, 1.165) is 37.6 Å². The molecule has 1 aromatic carbocycles. The van der Waals surface area contributed by atoms with Gasteiger partial charge in [0, 0.05) is 24.2 Å². The van der Waals surface area contributed by atoms with E-state index >= 15 is 0 Å². The maximum absolute atomic E-state index is 5.58. The average Bonchev–Trinajstić information content (AvgIpc) is 2.48. The van der Waals surface area contributed by atoms with Crippen LogP contribution in [-0.4, -0.2) is 43.9 Å². The summed E-state index contributed by atoms with van der Waals surface area (Å²) >= 11 is 0. The lowest BCUT2D eigenvalue weighted by Gasteiger charge is -2.42. The molecular weight excluding hydrogens is 264 g/mol. The van der Waals surface area contributed by atoms with E-state index in [1.165, 1.54) is 5.56 Å². The Kier molecular flexibility index (Phi) is 5.24. The lowest BCUT2D eigenvalue weighted by atomic mass is 9.99. The predicted octanol–water partition coefficient (Wildman–Crippen LogP) is 1.62. The lowest BCUT2D eigenvalue weighted by molar-refractivity contribution is -0.0553. The second kappa shape index (κ2) is 6.95. The molecule has 4 nitrogen and oxygen atoms in total. The molecule has 2 rings (SSSR count). The van der Waals surface area contributed by atoms with Gasteiger partial charge in [-0.1, -0.05) is 11.8 Å². The molecule has 0 atom stereocenters. The summed E-state index contributed by atoms with van der Waals surface area (Å²) in [5.41, 5.74) is 7.70. The van der Waals surface area contributed by atoms with Crippen molar-refractivity contribution in [3.8, 4) is 17.6 Å². The molecule has 0 unspecified atom stereocenters. The van der Waals surface area contributed by atoms with Gasteiger partial charge in [-0.2, -0.15) is 0 Å². The van der Waals surface area contributed by atoms with E-state index in [1.807, 2.05) is 12.1 Å². The van der Waals surface area contributed by atoms with Gasteiger partial charge in [0.2, 0.25) is 0 Å². The zero-order chi connectivity index (χ0) is 15.3. The van der Waals surface area contributed by atoms with E-state index in [1.54, 1.807) is 7.11 Å². The SMILES string of the molecule is COc1ccc(C#CCN)c(CN2CCOCC2(C)C)c1. The van der Waals surface area contributed by atoms with Crippen LogP contribution >= 0.6 is 0 Å². The highest BCUT2D eigenvalue weighted by Gasteiger charge is 2.30. The van der Waals surface area contributed by atoms with Crippen LogP contribution in [0.1, 0.15) is 25.0 Å². The van der Waals surface area contributed by atoms with Crippen molar-refractivity contribution < 1.29 is 9.47 Å². The van der Waals surface area contributed by atoms with E-state index in [0.29, 0.717) is 6.54 Å². The maximum Gasteiger partial charge on any atom is 0.119 e. The Hall–Kier alpha value is -1.54. The first kappa shape index (κ1) is 15.8. The summed E-state index contributed by atoms with van der Waals surface area (Å²) in [4.78, 5) is 2.43. The number of ether oxygens (including phenoxy) is 2. The van der Waals surface area contributed by atoms with Crippen LogP contribution in [-0.2, 0) is 11.3 Å². The van der Waals surface area contributed by atoms with Gasteiger partial charge in [-0.05, 0) is 37.6 Å². The van der Waals surface area contributed by atoms with Crippen molar-refractivity contribution in [3.63, 3.8) is 0 Å². The highest BCUT2D eigenvalue weighted by Crippen LogP contribution is 2.25. The van der Waals surface area contributed by atoms with Crippen molar-refractivity contribution in [2.45, 2.75) is 25.9 Å². The van der Waals surface area contributed by atoms with E-state index in [4.69, 9.17) is 15.2 Å². The fraction of sp³-hybridized carbons (Fsp3) is 0.529. The fourth-order valence-corrected chi connectivity index (χ4v) is 2.49. The van der Waals surface area contributed by atoms with Crippen LogP contribution < -0.4 is 10.5 Å². The zero-order valence-electron chi connectivity index (χ0n) is 13.1. The Morgan fingerprint density at radius 3 is 2.90 bits per heavy atom. The molecule has 0 saturated carbocycles. The average molecular weight is 288 g/mol. The molecule has 1 aliphatic heterocycles. The number of hydrogen-bond donors (Lipinski definition) is 1. The molecule has 1 heterocycles. The first-order valence-corrected chi connectivity index (χ1v) is 7.25. The first-order chi connectivity index (χ1) is 10.1. The van der Waals surface area contributed by atoms with Crippen LogP contribution in [0.15, 0.2) is 18.2 Å². The zero-order valence-corrected chi connectivity index (χ0v) is 13.1. The third kappa shape index (κ3) is 3.98. The van der Waals surface area contributed by atoms with Crippen molar-refractivity contribution >= 4 is 0 Å². The Morgan fingerprint density at radius 1 is 1.43 bits per heavy atom. The van der Waals surface area contributed by atoms with Gasteiger partial charge in [0.25, 0.3) is 0 Å². The van der Waals surface area contributed by atoms with Gasteiger partial charge in [-0.25, -0.2) is 0 Å². The fourth-order valence-electron chi connectivity index (χ4n) is 2.49. The van der Waals surface area contributed by atoms with Gasteiger partial charge >= 0.3 is 0 Å². The van der Waals surface area contributed by atoms with Gasteiger partial charge in [0.1, 0.15) is 5.75 Å². The third-order valence-electron chi connectivity index (χ3n) is 3.82. The largest absolute Gasteiger partial charge is 0.497 e. The molecular formula is C17H24N2O2. The summed E-state index contributed by atoms with van der Waals surface area (Å²) in [7, 11) is 1.68. The highest BCUT2D eigenvalue weighted by atomic mass is 16.5. The van der Waals surface area contributed by atoms with E-state index < -0.39 is 0 Å². The molecule has 1 aliphatic rings.